The lowest BCUT2D eigenvalue weighted by molar-refractivity contribution is -0.114. The second-order valence-electron chi connectivity index (χ2n) is 4.05. The number of amides is 1. The van der Waals surface area contributed by atoms with Gasteiger partial charge in [0.2, 0.25) is 5.91 Å². The summed E-state index contributed by atoms with van der Waals surface area (Å²) in [4.78, 5) is 11.1. The van der Waals surface area contributed by atoms with Gasteiger partial charge in [-0.3, -0.25) is 9.89 Å². The van der Waals surface area contributed by atoms with E-state index in [1.165, 1.54) is 6.92 Å². The number of benzene rings is 1. The standard InChI is InChI=1S/C13H16N4O/c1-10(18)17-13-5-3-2-4-12(13)9-14-6-11-7-15-16-8-11/h2-5,7-8,14H,6,9H2,1H3,(H,15,16)(H,17,18). The molecule has 5 heteroatoms. The van der Waals surface area contributed by atoms with Crippen LogP contribution in [0, 0.1) is 0 Å². The maximum absolute atomic E-state index is 11.1. The van der Waals surface area contributed by atoms with E-state index in [-0.39, 0.29) is 5.91 Å². The molecule has 1 heterocycles. The van der Waals surface area contributed by atoms with Crippen molar-refractivity contribution >= 4 is 11.6 Å². The average molecular weight is 244 g/mol. The molecule has 0 fully saturated rings. The lowest BCUT2D eigenvalue weighted by Gasteiger charge is -2.10. The minimum absolute atomic E-state index is 0.0581. The monoisotopic (exact) mass is 244 g/mol. The van der Waals surface area contributed by atoms with E-state index >= 15 is 0 Å². The first-order chi connectivity index (χ1) is 8.75. The Morgan fingerprint density at radius 1 is 1.33 bits per heavy atom. The van der Waals surface area contributed by atoms with Gasteiger partial charge in [0, 0.05) is 37.5 Å². The SMILES string of the molecule is CC(=O)Nc1ccccc1CNCc1cn[nH]c1. The molecule has 0 spiro atoms. The second-order valence-corrected chi connectivity index (χ2v) is 4.05. The zero-order valence-corrected chi connectivity index (χ0v) is 10.2. The third-order valence-electron chi connectivity index (χ3n) is 2.53. The van der Waals surface area contributed by atoms with Crippen LogP contribution in [0.4, 0.5) is 5.69 Å². The Bertz CT molecular complexity index is 507. The highest BCUT2D eigenvalue weighted by atomic mass is 16.1. The molecule has 94 valence electrons. The first-order valence-electron chi connectivity index (χ1n) is 5.79. The molecule has 0 atom stereocenters. The van der Waals surface area contributed by atoms with Gasteiger partial charge in [0.25, 0.3) is 0 Å². The molecule has 18 heavy (non-hydrogen) atoms. The molecular weight excluding hydrogens is 228 g/mol. The van der Waals surface area contributed by atoms with Crippen LogP contribution in [0.15, 0.2) is 36.7 Å². The molecule has 0 aliphatic rings. The lowest BCUT2D eigenvalue weighted by atomic mass is 10.1. The number of anilines is 1. The largest absolute Gasteiger partial charge is 0.326 e. The number of carbonyl (C=O) groups is 1. The molecule has 1 aromatic heterocycles. The van der Waals surface area contributed by atoms with Crippen LogP contribution in [0.5, 0.6) is 0 Å². The second kappa shape index (κ2) is 5.97. The third kappa shape index (κ3) is 3.43. The number of nitrogens with one attached hydrogen (secondary N) is 3. The smallest absolute Gasteiger partial charge is 0.221 e. The average Bonchev–Trinajstić information content (AvgIpc) is 2.84. The summed E-state index contributed by atoms with van der Waals surface area (Å²) in [6.07, 6.45) is 3.64. The summed E-state index contributed by atoms with van der Waals surface area (Å²) < 4.78 is 0. The molecule has 5 nitrogen and oxygen atoms in total. The Hall–Kier alpha value is -2.14. The van der Waals surface area contributed by atoms with Gasteiger partial charge in [-0.15, -0.1) is 0 Å². The molecule has 0 aliphatic heterocycles. The fourth-order valence-electron chi connectivity index (χ4n) is 1.70. The minimum atomic E-state index is -0.0581. The molecule has 0 saturated carbocycles. The molecule has 0 aliphatic carbocycles. The third-order valence-corrected chi connectivity index (χ3v) is 2.53. The molecule has 2 aromatic rings. The molecule has 3 N–H and O–H groups in total. The van der Waals surface area contributed by atoms with Gasteiger partial charge >= 0.3 is 0 Å². The fourth-order valence-corrected chi connectivity index (χ4v) is 1.70. The van der Waals surface area contributed by atoms with Crippen LogP contribution in [0.25, 0.3) is 0 Å². The van der Waals surface area contributed by atoms with Gasteiger partial charge in [-0.05, 0) is 11.6 Å². The van der Waals surface area contributed by atoms with E-state index in [0.29, 0.717) is 6.54 Å². The Morgan fingerprint density at radius 3 is 2.89 bits per heavy atom. The van der Waals surface area contributed by atoms with Gasteiger partial charge in [-0.2, -0.15) is 5.10 Å². The summed E-state index contributed by atoms with van der Waals surface area (Å²) in [7, 11) is 0. The van der Waals surface area contributed by atoms with Crippen molar-refractivity contribution in [3.8, 4) is 0 Å². The van der Waals surface area contributed by atoms with Gasteiger partial charge in [0.15, 0.2) is 0 Å². The number of H-pyrrole nitrogens is 1. The van der Waals surface area contributed by atoms with Gasteiger partial charge in [0.05, 0.1) is 6.20 Å². The van der Waals surface area contributed by atoms with Crippen molar-refractivity contribution in [2.24, 2.45) is 0 Å². The van der Waals surface area contributed by atoms with Gasteiger partial charge in [0.1, 0.15) is 0 Å². The fraction of sp³-hybridized carbons (Fsp3) is 0.231. The van der Waals surface area contributed by atoms with E-state index in [9.17, 15) is 4.79 Å². The van der Waals surface area contributed by atoms with E-state index in [0.717, 1.165) is 23.4 Å². The molecule has 1 amide bonds. The first-order valence-corrected chi connectivity index (χ1v) is 5.79. The molecule has 2 rings (SSSR count). The van der Waals surface area contributed by atoms with E-state index in [2.05, 4.69) is 20.8 Å². The van der Waals surface area contributed by atoms with Crippen molar-refractivity contribution in [3.05, 3.63) is 47.8 Å². The van der Waals surface area contributed by atoms with Crippen LogP contribution >= 0.6 is 0 Å². The van der Waals surface area contributed by atoms with Crippen LogP contribution in [-0.4, -0.2) is 16.1 Å². The van der Waals surface area contributed by atoms with E-state index in [1.807, 2.05) is 30.5 Å². The first kappa shape index (κ1) is 12.3. The number of carbonyl (C=O) groups excluding carboxylic acids is 1. The minimum Gasteiger partial charge on any atom is -0.326 e. The van der Waals surface area contributed by atoms with Crippen molar-refractivity contribution in [2.45, 2.75) is 20.0 Å². The summed E-state index contributed by atoms with van der Waals surface area (Å²) in [5.74, 6) is -0.0581. The normalized spacial score (nSPS) is 10.3. The van der Waals surface area contributed by atoms with Crippen LogP contribution in [0.3, 0.4) is 0 Å². The Morgan fingerprint density at radius 2 is 2.17 bits per heavy atom. The van der Waals surface area contributed by atoms with Gasteiger partial charge in [-0.25, -0.2) is 0 Å². The number of hydrogen-bond acceptors (Lipinski definition) is 3. The number of rotatable bonds is 5. The summed E-state index contributed by atoms with van der Waals surface area (Å²) in [6, 6.07) is 7.76. The topological polar surface area (TPSA) is 69.8 Å². The van der Waals surface area contributed by atoms with E-state index in [1.54, 1.807) is 6.20 Å². The molecular formula is C13H16N4O. The van der Waals surface area contributed by atoms with Crippen LogP contribution in [-0.2, 0) is 17.9 Å². The van der Waals surface area contributed by atoms with E-state index < -0.39 is 0 Å². The number of hydrogen-bond donors (Lipinski definition) is 3. The molecule has 0 radical (unpaired) electrons. The van der Waals surface area contributed by atoms with Crippen LogP contribution in [0.1, 0.15) is 18.1 Å². The van der Waals surface area contributed by atoms with Gasteiger partial charge < -0.3 is 10.6 Å². The Labute approximate surface area is 106 Å². The van der Waals surface area contributed by atoms with Crippen molar-refractivity contribution in [2.75, 3.05) is 5.32 Å². The predicted octanol–water partition coefficient (Wildman–Crippen LogP) is 1.66. The van der Waals surface area contributed by atoms with Crippen molar-refractivity contribution in [3.63, 3.8) is 0 Å². The molecule has 0 saturated heterocycles. The zero-order chi connectivity index (χ0) is 12.8. The summed E-state index contributed by atoms with van der Waals surface area (Å²) in [6.45, 7) is 2.95. The van der Waals surface area contributed by atoms with Crippen LogP contribution in [0.2, 0.25) is 0 Å². The zero-order valence-electron chi connectivity index (χ0n) is 10.2. The Kier molecular flexibility index (Phi) is 4.09. The number of aromatic amines is 1. The van der Waals surface area contributed by atoms with Crippen molar-refractivity contribution < 1.29 is 4.79 Å². The highest BCUT2D eigenvalue weighted by Crippen LogP contribution is 2.14. The quantitative estimate of drug-likeness (QED) is 0.749. The maximum Gasteiger partial charge on any atom is 0.221 e. The van der Waals surface area contributed by atoms with Crippen molar-refractivity contribution in [1.29, 1.82) is 0 Å². The number of nitrogens with zero attached hydrogens (tertiary/aromatic N) is 1. The maximum atomic E-state index is 11.1. The molecule has 1 aromatic carbocycles. The van der Waals surface area contributed by atoms with Gasteiger partial charge in [-0.1, -0.05) is 18.2 Å². The molecule has 0 unspecified atom stereocenters. The Balaban J connectivity index is 1.94. The van der Waals surface area contributed by atoms with E-state index in [4.69, 9.17) is 0 Å². The highest BCUT2D eigenvalue weighted by molar-refractivity contribution is 5.89. The highest BCUT2D eigenvalue weighted by Gasteiger charge is 2.02. The lowest BCUT2D eigenvalue weighted by Crippen LogP contribution is -2.15. The number of para-hydroxylation sites is 1. The van der Waals surface area contributed by atoms with Crippen molar-refractivity contribution in [1.82, 2.24) is 15.5 Å². The molecule has 0 bridgehead atoms. The predicted molar refractivity (Wildman–Crippen MR) is 69.9 cm³/mol. The summed E-state index contributed by atoms with van der Waals surface area (Å²) in [5.41, 5.74) is 3.02. The summed E-state index contributed by atoms with van der Waals surface area (Å²) >= 11 is 0. The van der Waals surface area contributed by atoms with Crippen LogP contribution < -0.4 is 10.6 Å². The number of aromatic nitrogens is 2. The summed E-state index contributed by atoms with van der Waals surface area (Å²) in [5, 5.41) is 12.8.